The summed E-state index contributed by atoms with van der Waals surface area (Å²) in [6.07, 6.45) is 3.37. The lowest BCUT2D eigenvalue weighted by Gasteiger charge is -2.30. The Bertz CT molecular complexity index is 1050. The van der Waals surface area contributed by atoms with Gasteiger partial charge in [-0.15, -0.1) is 0 Å². The molecule has 2 aromatic rings. The third-order valence-corrected chi connectivity index (χ3v) is 6.67. The van der Waals surface area contributed by atoms with E-state index in [0.29, 0.717) is 12.0 Å². The number of ketones is 1. The van der Waals surface area contributed by atoms with Gasteiger partial charge in [0, 0.05) is 47.3 Å². The van der Waals surface area contributed by atoms with Gasteiger partial charge in [-0.05, 0) is 75.9 Å². The number of primary amides is 1. The topological polar surface area (TPSA) is 80.4 Å². The molecule has 1 aliphatic heterocycles. The number of likely N-dealkylation sites (N-methyl/N-ethyl adjacent to an activating group) is 1. The van der Waals surface area contributed by atoms with E-state index in [9.17, 15) is 9.59 Å². The second kappa shape index (κ2) is 7.83. The molecule has 3 N–H and O–H groups in total. The molecule has 0 unspecified atom stereocenters. The third-order valence-electron chi connectivity index (χ3n) is 6.67. The fourth-order valence-corrected chi connectivity index (χ4v) is 5.38. The lowest BCUT2D eigenvalue weighted by Crippen LogP contribution is -2.34. The highest BCUT2D eigenvalue weighted by Gasteiger charge is 2.36. The largest absolute Gasteiger partial charge is 0.381 e. The fraction of sp³-hybridized carbons (Fsp3) is 0.520. The minimum Gasteiger partial charge on any atom is -0.381 e. The minimum absolute atomic E-state index is 0.0711. The molecule has 2 aliphatic rings. The summed E-state index contributed by atoms with van der Waals surface area (Å²) >= 11 is 0. The number of anilines is 1. The van der Waals surface area contributed by atoms with Crippen LogP contribution in [0.3, 0.4) is 0 Å². The molecule has 0 saturated heterocycles. The summed E-state index contributed by atoms with van der Waals surface area (Å²) in [5, 5.41) is 3.50. The van der Waals surface area contributed by atoms with Gasteiger partial charge in [-0.1, -0.05) is 13.8 Å². The van der Waals surface area contributed by atoms with Gasteiger partial charge in [-0.25, -0.2) is 0 Å². The van der Waals surface area contributed by atoms with Gasteiger partial charge < -0.3 is 20.5 Å². The van der Waals surface area contributed by atoms with E-state index in [0.717, 1.165) is 60.5 Å². The van der Waals surface area contributed by atoms with Crippen LogP contribution in [0.5, 0.6) is 0 Å². The quantitative estimate of drug-likeness (QED) is 0.734. The number of Topliss-reactive ketones (excluding diaryl/α,β-unsaturated/α-hetero) is 1. The molecule has 1 atom stereocenters. The number of hydrogen-bond donors (Lipinski definition) is 2. The fourth-order valence-electron chi connectivity index (χ4n) is 5.38. The Morgan fingerprint density at radius 3 is 2.68 bits per heavy atom. The zero-order chi connectivity index (χ0) is 22.5. The van der Waals surface area contributed by atoms with Gasteiger partial charge in [-0.2, -0.15) is 0 Å². The van der Waals surface area contributed by atoms with E-state index < -0.39 is 5.91 Å². The summed E-state index contributed by atoms with van der Waals surface area (Å²) < 4.78 is 2.28. The minimum atomic E-state index is -0.441. The molecule has 1 aromatic carbocycles. The smallest absolute Gasteiger partial charge is 0.250 e. The first kappa shape index (κ1) is 21.6. The van der Waals surface area contributed by atoms with Gasteiger partial charge in [0.1, 0.15) is 0 Å². The normalized spacial score (nSPS) is 21.3. The highest BCUT2D eigenvalue weighted by Crippen LogP contribution is 2.40. The van der Waals surface area contributed by atoms with Gasteiger partial charge in [0.2, 0.25) is 0 Å². The Morgan fingerprint density at radius 2 is 1.97 bits per heavy atom. The molecule has 1 aromatic heterocycles. The molecule has 6 nitrogen and oxygen atoms in total. The molecule has 0 radical (unpaired) electrons. The van der Waals surface area contributed by atoms with E-state index in [1.807, 2.05) is 18.2 Å². The molecule has 2 heterocycles. The molecule has 0 fully saturated rings. The number of rotatable bonds is 1. The van der Waals surface area contributed by atoms with Crippen molar-refractivity contribution in [3.8, 4) is 5.69 Å². The first-order valence-corrected chi connectivity index (χ1v) is 11.2. The summed E-state index contributed by atoms with van der Waals surface area (Å²) in [6, 6.07) is 5.96. The second-order valence-electron chi connectivity index (χ2n) is 10.2. The van der Waals surface area contributed by atoms with Crippen LogP contribution in [0, 0.1) is 12.3 Å². The van der Waals surface area contributed by atoms with Crippen LogP contribution >= 0.6 is 0 Å². The predicted molar refractivity (Wildman–Crippen MR) is 124 cm³/mol. The molecule has 166 valence electrons. The van der Waals surface area contributed by atoms with Crippen molar-refractivity contribution >= 4 is 17.4 Å². The lowest BCUT2D eigenvalue weighted by atomic mass is 9.75. The lowest BCUT2D eigenvalue weighted by molar-refractivity contribution is 0.0909. The van der Waals surface area contributed by atoms with E-state index in [1.54, 1.807) is 0 Å². The number of aromatic nitrogens is 1. The molecular weight excluding hydrogens is 388 g/mol. The summed E-state index contributed by atoms with van der Waals surface area (Å²) in [5.41, 5.74) is 12.1. The Balaban J connectivity index is 1.96. The number of amides is 1. The molecule has 0 saturated carbocycles. The van der Waals surface area contributed by atoms with Crippen LogP contribution in [0.15, 0.2) is 18.2 Å². The van der Waals surface area contributed by atoms with Crippen LogP contribution < -0.4 is 11.1 Å². The van der Waals surface area contributed by atoms with Crippen molar-refractivity contribution in [1.82, 2.24) is 9.47 Å². The summed E-state index contributed by atoms with van der Waals surface area (Å²) in [7, 11) is 2.12. The molecule has 31 heavy (non-hydrogen) atoms. The van der Waals surface area contributed by atoms with Crippen LogP contribution in [0.1, 0.15) is 71.3 Å². The monoisotopic (exact) mass is 422 g/mol. The summed E-state index contributed by atoms with van der Waals surface area (Å²) in [4.78, 5) is 27.5. The average Bonchev–Trinajstić information content (AvgIpc) is 2.91. The van der Waals surface area contributed by atoms with Crippen molar-refractivity contribution in [3.63, 3.8) is 0 Å². The van der Waals surface area contributed by atoms with Crippen LogP contribution in [0.25, 0.3) is 5.69 Å². The highest BCUT2D eigenvalue weighted by atomic mass is 16.1. The van der Waals surface area contributed by atoms with Crippen molar-refractivity contribution in [2.75, 3.05) is 25.5 Å². The van der Waals surface area contributed by atoms with E-state index in [4.69, 9.17) is 5.73 Å². The predicted octanol–water partition coefficient (Wildman–Crippen LogP) is 3.72. The number of nitrogens with two attached hydrogens (primary N) is 1. The van der Waals surface area contributed by atoms with E-state index in [1.165, 1.54) is 5.69 Å². The van der Waals surface area contributed by atoms with Gasteiger partial charge in [0.05, 0.1) is 5.56 Å². The van der Waals surface area contributed by atoms with Crippen molar-refractivity contribution in [1.29, 1.82) is 0 Å². The van der Waals surface area contributed by atoms with Crippen LogP contribution in [-0.2, 0) is 12.8 Å². The van der Waals surface area contributed by atoms with Crippen molar-refractivity contribution in [2.24, 2.45) is 11.1 Å². The van der Waals surface area contributed by atoms with Crippen LogP contribution in [-0.4, -0.2) is 47.3 Å². The number of benzene rings is 1. The number of hydrogen-bond acceptors (Lipinski definition) is 4. The number of nitrogens with zero attached hydrogens (tertiary/aromatic N) is 2. The highest BCUT2D eigenvalue weighted by molar-refractivity contribution is 6.01. The maximum atomic E-state index is 13.1. The maximum Gasteiger partial charge on any atom is 0.250 e. The van der Waals surface area contributed by atoms with Gasteiger partial charge >= 0.3 is 0 Å². The molecular formula is C25H34N4O2. The number of fused-ring (bicyclic) bond motifs is 6. The Kier molecular flexibility index (Phi) is 5.46. The Labute approximate surface area is 184 Å². The maximum absolute atomic E-state index is 13.1. The Hall–Kier alpha value is -2.60. The van der Waals surface area contributed by atoms with E-state index >= 15 is 0 Å². The molecule has 1 aliphatic carbocycles. The first-order chi connectivity index (χ1) is 14.6. The van der Waals surface area contributed by atoms with Crippen molar-refractivity contribution in [2.45, 2.75) is 59.4 Å². The Morgan fingerprint density at radius 1 is 1.23 bits per heavy atom. The van der Waals surface area contributed by atoms with Crippen molar-refractivity contribution in [3.05, 3.63) is 46.3 Å². The van der Waals surface area contributed by atoms with Crippen LogP contribution in [0.2, 0.25) is 0 Å². The SMILES string of the molecule is Cc1c2c(n3c1CCCN(C)C[C@H](C)Nc1cc-3ccc1C(N)=O)CC(C)(C)CC2=O. The van der Waals surface area contributed by atoms with E-state index in [-0.39, 0.29) is 17.2 Å². The molecule has 6 heteroatoms. The molecule has 2 bridgehead atoms. The van der Waals surface area contributed by atoms with E-state index in [2.05, 4.69) is 49.5 Å². The first-order valence-electron chi connectivity index (χ1n) is 11.2. The number of carbonyl (C=O) groups excluding carboxylic acids is 2. The van der Waals surface area contributed by atoms with Gasteiger partial charge in [0.15, 0.2) is 5.78 Å². The summed E-state index contributed by atoms with van der Waals surface area (Å²) in [6.45, 7) is 10.4. The zero-order valence-corrected chi connectivity index (χ0v) is 19.3. The number of carbonyl (C=O) groups is 2. The standard InChI is InChI=1S/C25H34N4O2/c1-15-14-28(5)10-6-7-20-16(2)23-21(12-25(3,4)13-22(23)30)29(20)17-8-9-18(24(26)31)19(11-17)27-15/h8-9,11,15,27H,6-7,10,12-14H2,1-5H3,(H2,26,31)/t15-/m0/s1. The average molecular weight is 423 g/mol. The van der Waals surface area contributed by atoms with Crippen molar-refractivity contribution < 1.29 is 9.59 Å². The number of nitrogens with one attached hydrogen (secondary N) is 1. The zero-order valence-electron chi connectivity index (χ0n) is 19.3. The van der Waals surface area contributed by atoms with Gasteiger partial charge in [0.25, 0.3) is 5.91 Å². The van der Waals surface area contributed by atoms with Crippen LogP contribution in [0.4, 0.5) is 5.69 Å². The molecule has 0 spiro atoms. The second-order valence-corrected chi connectivity index (χ2v) is 10.2. The third kappa shape index (κ3) is 4.01. The summed E-state index contributed by atoms with van der Waals surface area (Å²) in [5.74, 6) is -0.199. The molecule has 4 rings (SSSR count). The van der Waals surface area contributed by atoms with Gasteiger partial charge in [-0.3, -0.25) is 9.59 Å². The molecule has 1 amide bonds.